The van der Waals surface area contributed by atoms with E-state index in [0.717, 1.165) is 18.8 Å². The number of hydrogen-bond acceptors (Lipinski definition) is 3. The van der Waals surface area contributed by atoms with Crippen LogP contribution >= 0.6 is 0 Å². The molecule has 0 radical (unpaired) electrons. The van der Waals surface area contributed by atoms with Crippen molar-refractivity contribution in [2.75, 3.05) is 0 Å². The molecule has 5 nitrogen and oxygen atoms in total. The van der Waals surface area contributed by atoms with Crippen LogP contribution in [0.4, 0.5) is 0 Å². The molecular weight excluding hydrogens is 262 g/mol. The molecule has 0 bridgehead atoms. The highest BCUT2D eigenvalue weighted by Crippen LogP contribution is 2.12. The lowest BCUT2D eigenvalue weighted by atomic mass is 10.1. The third-order valence-electron chi connectivity index (χ3n) is 3.52. The van der Waals surface area contributed by atoms with Crippen LogP contribution in [0.3, 0.4) is 0 Å². The van der Waals surface area contributed by atoms with Crippen LogP contribution in [0.15, 0.2) is 18.5 Å². The largest absolute Gasteiger partial charge is 0.308 e. The Kier molecular flexibility index (Phi) is 4.52. The van der Waals surface area contributed by atoms with Crippen LogP contribution in [0.25, 0.3) is 0 Å². The summed E-state index contributed by atoms with van der Waals surface area (Å²) in [6, 6.07) is 2.46. The van der Waals surface area contributed by atoms with Gasteiger partial charge in [-0.3, -0.25) is 9.36 Å². The van der Waals surface area contributed by atoms with Gasteiger partial charge in [0.25, 0.3) is 0 Å². The fraction of sp³-hybridized carbons (Fsp3) is 0.625. The molecule has 0 aromatic carbocycles. The molecule has 0 saturated carbocycles. The smallest absolute Gasteiger partial charge is 0.0852 e. The molecule has 1 N–H and O–H groups in total. The average Bonchev–Trinajstić information content (AvgIpc) is 2.96. The van der Waals surface area contributed by atoms with Crippen molar-refractivity contribution in [3.63, 3.8) is 0 Å². The second-order valence-electron chi connectivity index (χ2n) is 6.90. The molecule has 2 heterocycles. The maximum Gasteiger partial charge on any atom is 0.0852 e. The van der Waals surface area contributed by atoms with Gasteiger partial charge in [0, 0.05) is 35.6 Å². The van der Waals surface area contributed by atoms with Crippen molar-refractivity contribution in [1.82, 2.24) is 24.9 Å². The first kappa shape index (κ1) is 15.8. The van der Waals surface area contributed by atoms with Gasteiger partial charge < -0.3 is 5.32 Å². The van der Waals surface area contributed by atoms with Gasteiger partial charge in [-0.25, -0.2) is 0 Å². The van der Waals surface area contributed by atoms with Crippen LogP contribution < -0.4 is 5.32 Å². The summed E-state index contributed by atoms with van der Waals surface area (Å²) in [5, 5.41) is 12.6. The molecule has 0 fully saturated rings. The normalized spacial score (nSPS) is 12.3. The van der Waals surface area contributed by atoms with E-state index < -0.39 is 0 Å². The summed E-state index contributed by atoms with van der Waals surface area (Å²) in [6.45, 7) is 14.5. The minimum absolute atomic E-state index is 0.116. The molecule has 0 unspecified atom stereocenters. The Labute approximate surface area is 127 Å². The van der Waals surface area contributed by atoms with Gasteiger partial charge in [0.2, 0.25) is 0 Å². The van der Waals surface area contributed by atoms with Gasteiger partial charge in [-0.1, -0.05) is 0 Å². The summed E-state index contributed by atoms with van der Waals surface area (Å²) in [5.41, 5.74) is 3.61. The SMILES string of the molecule is Cc1c(CNC(C)(C)C)cnn1Cc1ccn(C(C)C)n1. The first-order valence-electron chi connectivity index (χ1n) is 7.56. The van der Waals surface area contributed by atoms with Crippen molar-refractivity contribution < 1.29 is 0 Å². The summed E-state index contributed by atoms with van der Waals surface area (Å²) < 4.78 is 4.00. The Morgan fingerprint density at radius 3 is 2.57 bits per heavy atom. The minimum Gasteiger partial charge on any atom is -0.308 e. The van der Waals surface area contributed by atoms with E-state index in [-0.39, 0.29) is 5.54 Å². The van der Waals surface area contributed by atoms with E-state index in [0.29, 0.717) is 6.04 Å². The van der Waals surface area contributed by atoms with Crippen LogP contribution in [-0.4, -0.2) is 25.1 Å². The van der Waals surface area contributed by atoms with E-state index in [1.54, 1.807) is 0 Å². The number of nitrogens with zero attached hydrogens (tertiary/aromatic N) is 4. The monoisotopic (exact) mass is 289 g/mol. The summed E-state index contributed by atoms with van der Waals surface area (Å²) in [6.07, 6.45) is 3.98. The number of aromatic nitrogens is 4. The van der Waals surface area contributed by atoms with Crippen molar-refractivity contribution in [1.29, 1.82) is 0 Å². The molecule has 0 amide bonds. The Morgan fingerprint density at radius 2 is 2.00 bits per heavy atom. The highest BCUT2D eigenvalue weighted by Gasteiger charge is 2.12. The average molecular weight is 289 g/mol. The highest BCUT2D eigenvalue weighted by molar-refractivity contribution is 5.17. The predicted octanol–water partition coefficient (Wildman–Crippen LogP) is 2.91. The minimum atomic E-state index is 0.116. The van der Waals surface area contributed by atoms with Crippen molar-refractivity contribution in [2.45, 2.75) is 66.2 Å². The highest BCUT2D eigenvalue weighted by atomic mass is 15.3. The summed E-state index contributed by atoms with van der Waals surface area (Å²) in [4.78, 5) is 0. The van der Waals surface area contributed by atoms with Gasteiger partial charge in [-0.2, -0.15) is 10.2 Å². The maximum absolute atomic E-state index is 4.58. The number of hydrogen-bond donors (Lipinski definition) is 1. The van der Waals surface area contributed by atoms with Crippen LogP contribution in [0.2, 0.25) is 0 Å². The molecular formula is C16H27N5. The Morgan fingerprint density at radius 1 is 1.29 bits per heavy atom. The molecule has 0 saturated heterocycles. The van der Waals surface area contributed by atoms with Crippen molar-refractivity contribution in [2.24, 2.45) is 0 Å². The molecule has 0 aliphatic rings. The first-order valence-corrected chi connectivity index (χ1v) is 7.56. The van der Waals surface area contributed by atoms with Gasteiger partial charge in [0.1, 0.15) is 0 Å². The van der Waals surface area contributed by atoms with Crippen LogP contribution in [0.1, 0.15) is 57.6 Å². The van der Waals surface area contributed by atoms with E-state index in [1.807, 2.05) is 21.8 Å². The fourth-order valence-corrected chi connectivity index (χ4v) is 2.08. The van der Waals surface area contributed by atoms with Gasteiger partial charge in [0.15, 0.2) is 0 Å². The summed E-state index contributed by atoms with van der Waals surface area (Å²) in [5.74, 6) is 0. The number of rotatable bonds is 5. The summed E-state index contributed by atoms with van der Waals surface area (Å²) >= 11 is 0. The molecule has 0 atom stereocenters. The van der Waals surface area contributed by atoms with Crippen LogP contribution in [-0.2, 0) is 13.1 Å². The van der Waals surface area contributed by atoms with Crippen molar-refractivity contribution >= 4 is 0 Å². The van der Waals surface area contributed by atoms with Crippen molar-refractivity contribution in [3.05, 3.63) is 35.4 Å². The fourth-order valence-electron chi connectivity index (χ4n) is 2.08. The molecule has 21 heavy (non-hydrogen) atoms. The Bertz CT molecular complexity index is 586. The van der Waals surface area contributed by atoms with Gasteiger partial charge in [0.05, 0.1) is 18.4 Å². The molecule has 0 aliphatic heterocycles. The maximum atomic E-state index is 4.58. The molecule has 2 aromatic rings. The molecule has 2 aromatic heterocycles. The standard InChI is InChI=1S/C16H27N5/c1-12(2)20-8-7-15(19-20)11-21-13(3)14(10-18-21)9-17-16(4,5)6/h7-8,10,12,17H,9,11H2,1-6H3. The van der Waals surface area contributed by atoms with E-state index in [2.05, 4.69) is 63.1 Å². The molecule has 5 heteroatoms. The second kappa shape index (κ2) is 6.02. The third kappa shape index (κ3) is 4.17. The molecule has 0 spiro atoms. The zero-order chi connectivity index (χ0) is 15.6. The lowest BCUT2D eigenvalue weighted by Crippen LogP contribution is -2.35. The van der Waals surface area contributed by atoms with E-state index >= 15 is 0 Å². The van der Waals surface area contributed by atoms with E-state index in [9.17, 15) is 0 Å². The quantitative estimate of drug-likeness (QED) is 0.920. The Hall–Kier alpha value is -1.62. The molecule has 2 rings (SSSR count). The van der Waals surface area contributed by atoms with Crippen LogP contribution in [0, 0.1) is 6.92 Å². The lowest BCUT2D eigenvalue weighted by molar-refractivity contribution is 0.423. The zero-order valence-electron chi connectivity index (χ0n) is 14.0. The van der Waals surface area contributed by atoms with Gasteiger partial charge in [-0.15, -0.1) is 0 Å². The third-order valence-corrected chi connectivity index (χ3v) is 3.52. The predicted molar refractivity (Wildman–Crippen MR) is 85.3 cm³/mol. The van der Waals surface area contributed by atoms with E-state index in [1.165, 1.54) is 11.3 Å². The Balaban J connectivity index is 2.05. The van der Waals surface area contributed by atoms with Crippen LogP contribution in [0.5, 0.6) is 0 Å². The lowest BCUT2D eigenvalue weighted by Gasteiger charge is -2.20. The molecule has 0 aliphatic carbocycles. The first-order chi connectivity index (χ1) is 9.76. The zero-order valence-corrected chi connectivity index (χ0v) is 14.0. The number of nitrogens with one attached hydrogen (secondary N) is 1. The van der Waals surface area contributed by atoms with Crippen molar-refractivity contribution in [3.8, 4) is 0 Å². The van der Waals surface area contributed by atoms with Gasteiger partial charge >= 0.3 is 0 Å². The summed E-state index contributed by atoms with van der Waals surface area (Å²) in [7, 11) is 0. The topological polar surface area (TPSA) is 47.7 Å². The van der Waals surface area contributed by atoms with Gasteiger partial charge in [-0.05, 0) is 47.6 Å². The second-order valence-corrected chi connectivity index (χ2v) is 6.90. The molecule has 116 valence electrons. The van der Waals surface area contributed by atoms with E-state index in [4.69, 9.17) is 0 Å².